The van der Waals surface area contributed by atoms with Gasteiger partial charge in [0.05, 0.1) is 21.2 Å². The molecule has 0 aromatic carbocycles. The van der Waals surface area contributed by atoms with Gasteiger partial charge in [-0.3, -0.25) is 4.79 Å². The minimum Gasteiger partial charge on any atom is -0.334 e. The van der Waals surface area contributed by atoms with Crippen molar-refractivity contribution in [2.45, 2.75) is 61.7 Å². The van der Waals surface area contributed by atoms with E-state index in [4.69, 9.17) is 4.98 Å². The molecule has 2 aliphatic carbocycles. The molecule has 0 spiro atoms. The van der Waals surface area contributed by atoms with Crippen LogP contribution in [0.25, 0.3) is 10.6 Å². The molecule has 2 fully saturated rings. The van der Waals surface area contributed by atoms with Gasteiger partial charge in [-0.2, -0.15) is 13.2 Å². The second-order valence-corrected chi connectivity index (χ2v) is 14.4. The van der Waals surface area contributed by atoms with Crippen molar-refractivity contribution in [1.29, 1.82) is 0 Å². The number of nitrogens with one attached hydrogen (secondary N) is 1. The summed E-state index contributed by atoms with van der Waals surface area (Å²) in [5.41, 5.74) is 1.50. The molecule has 2 aliphatic heterocycles. The monoisotopic (exact) mass is 604 g/mol. The maximum Gasteiger partial charge on any atom is 0.420 e. The van der Waals surface area contributed by atoms with Crippen LogP contribution >= 0.6 is 11.3 Å². The number of halogens is 3. The molecule has 14 heteroatoms. The summed E-state index contributed by atoms with van der Waals surface area (Å²) in [6, 6.07) is 3.26. The van der Waals surface area contributed by atoms with Crippen LogP contribution in [0.5, 0.6) is 0 Å². The molecular formula is C27H27F3N6O3S2. The van der Waals surface area contributed by atoms with Gasteiger partial charge in [-0.15, -0.1) is 11.3 Å². The summed E-state index contributed by atoms with van der Waals surface area (Å²) >= 11 is 0.735. The van der Waals surface area contributed by atoms with Gasteiger partial charge >= 0.3 is 6.18 Å². The number of hydrogen-bond acceptors (Lipinski definition) is 9. The van der Waals surface area contributed by atoms with Gasteiger partial charge in [0.15, 0.2) is 9.84 Å². The predicted molar refractivity (Wildman–Crippen MR) is 146 cm³/mol. The molecule has 41 heavy (non-hydrogen) atoms. The van der Waals surface area contributed by atoms with Crippen molar-refractivity contribution in [2.24, 2.45) is 0 Å². The van der Waals surface area contributed by atoms with Gasteiger partial charge in [0.25, 0.3) is 5.91 Å². The minimum atomic E-state index is -4.80. The lowest BCUT2D eigenvalue weighted by atomic mass is 10.0. The van der Waals surface area contributed by atoms with Crippen LogP contribution in [0.4, 0.5) is 24.9 Å². The smallest absolute Gasteiger partial charge is 0.334 e. The first-order valence-corrected chi connectivity index (χ1v) is 16.1. The highest BCUT2D eigenvalue weighted by molar-refractivity contribution is 7.91. The number of sulfone groups is 1. The summed E-state index contributed by atoms with van der Waals surface area (Å²) in [4.78, 5) is 29.7. The Morgan fingerprint density at radius 2 is 1.88 bits per heavy atom. The van der Waals surface area contributed by atoms with Crippen molar-refractivity contribution in [3.05, 3.63) is 45.6 Å². The largest absolute Gasteiger partial charge is 0.420 e. The maximum atomic E-state index is 14.1. The van der Waals surface area contributed by atoms with Crippen LogP contribution in [0.3, 0.4) is 0 Å². The molecule has 0 bridgehead atoms. The van der Waals surface area contributed by atoms with E-state index >= 15 is 0 Å². The van der Waals surface area contributed by atoms with Crippen molar-refractivity contribution in [3.8, 4) is 10.6 Å². The first kappa shape index (κ1) is 26.8. The van der Waals surface area contributed by atoms with E-state index in [0.717, 1.165) is 79.4 Å². The van der Waals surface area contributed by atoms with E-state index in [0.29, 0.717) is 17.9 Å². The number of fused-ring (bicyclic) bond motifs is 2. The number of nitrogens with zero attached hydrogens (tertiary/aromatic N) is 5. The lowest BCUT2D eigenvalue weighted by molar-refractivity contribution is -0.137. The summed E-state index contributed by atoms with van der Waals surface area (Å²) in [5, 5.41) is 3.07. The fourth-order valence-electron chi connectivity index (χ4n) is 5.55. The van der Waals surface area contributed by atoms with Crippen molar-refractivity contribution in [2.75, 3.05) is 31.2 Å². The first-order valence-electron chi connectivity index (χ1n) is 13.6. The Kier molecular flexibility index (Phi) is 6.18. The predicted octanol–water partition coefficient (Wildman–Crippen LogP) is 4.62. The third kappa shape index (κ3) is 4.99. The Labute approximate surface area is 238 Å². The van der Waals surface area contributed by atoms with Crippen molar-refractivity contribution in [1.82, 2.24) is 24.8 Å². The van der Waals surface area contributed by atoms with E-state index in [1.807, 2.05) is 0 Å². The molecule has 0 atom stereocenters. The molecule has 0 saturated heterocycles. The average Bonchev–Trinajstić information content (AvgIpc) is 3.85. The van der Waals surface area contributed by atoms with Crippen LogP contribution in [0.2, 0.25) is 0 Å². The van der Waals surface area contributed by atoms with E-state index in [2.05, 4.69) is 33.3 Å². The highest BCUT2D eigenvalue weighted by atomic mass is 32.2. The Morgan fingerprint density at radius 1 is 1.10 bits per heavy atom. The van der Waals surface area contributed by atoms with E-state index in [9.17, 15) is 26.4 Å². The van der Waals surface area contributed by atoms with Crippen molar-refractivity contribution < 1.29 is 26.4 Å². The van der Waals surface area contributed by atoms with Gasteiger partial charge in [-0.05, 0) is 61.9 Å². The number of hydrogen-bond donors (Lipinski definition) is 1. The summed E-state index contributed by atoms with van der Waals surface area (Å²) in [6.45, 7) is 1.71. The minimum absolute atomic E-state index is 0.0278. The zero-order chi connectivity index (χ0) is 28.7. The zero-order valence-electron chi connectivity index (χ0n) is 22.2. The van der Waals surface area contributed by atoms with Crippen LogP contribution in [0, 0.1) is 0 Å². The Morgan fingerprint density at radius 3 is 2.59 bits per heavy atom. The Hall–Kier alpha value is -3.10. The normalized spacial score (nSPS) is 20.9. The van der Waals surface area contributed by atoms with Crippen LogP contribution in [0.1, 0.15) is 63.7 Å². The average molecular weight is 605 g/mol. The van der Waals surface area contributed by atoms with Gasteiger partial charge in [0.2, 0.25) is 5.95 Å². The Balaban J connectivity index is 1.30. The number of alkyl halides is 3. The molecule has 3 aromatic heterocycles. The number of likely N-dealkylation sites (N-methyl/N-ethyl adjacent to an activating group) is 1. The molecule has 9 nitrogen and oxygen atoms in total. The molecular weight excluding hydrogens is 577 g/mol. The van der Waals surface area contributed by atoms with Gasteiger partial charge in [0, 0.05) is 44.0 Å². The molecule has 2 saturated carbocycles. The fraction of sp³-hybridized carbons (Fsp3) is 0.481. The van der Waals surface area contributed by atoms with E-state index < -0.39 is 33.2 Å². The molecule has 0 radical (unpaired) electrons. The molecule has 1 amide bonds. The number of aromatic nitrogens is 3. The van der Waals surface area contributed by atoms with Gasteiger partial charge in [-0.25, -0.2) is 23.4 Å². The van der Waals surface area contributed by atoms with E-state index in [-0.39, 0.29) is 38.9 Å². The van der Waals surface area contributed by atoms with Crippen LogP contribution in [0.15, 0.2) is 23.2 Å². The molecule has 5 heterocycles. The SMILES string of the molecule is CN1CCc2nc(Nc3ncc(C(F)(F)F)c(-c4cc5c(s4)C(=O)N(C4CC4)CCS5(=O)=O)n3)c(C3CC3)cc2C1. The molecule has 3 aromatic rings. The number of rotatable bonds is 5. The highest BCUT2D eigenvalue weighted by Crippen LogP contribution is 2.46. The quantitative estimate of drug-likeness (QED) is 0.450. The van der Waals surface area contributed by atoms with E-state index in [1.165, 1.54) is 4.90 Å². The highest BCUT2D eigenvalue weighted by Gasteiger charge is 2.42. The first-order chi connectivity index (χ1) is 19.5. The number of anilines is 2. The number of amides is 1. The molecule has 4 aliphatic rings. The van der Waals surface area contributed by atoms with Crippen LogP contribution < -0.4 is 5.32 Å². The van der Waals surface area contributed by atoms with E-state index in [1.54, 1.807) is 0 Å². The molecule has 0 unspecified atom stereocenters. The second kappa shape index (κ2) is 9.46. The van der Waals surface area contributed by atoms with Gasteiger partial charge in [0.1, 0.15) is 16.3 Å². The lowest BCUT2D eigenvalue weighted by Gasteiger charge is -2.26. The Bertz CT molecular complexity index is 1680. The number of thiophene rings is 1. The van der Waals surface area contributed by atoms with Crippen molar-refractivity contribution >= 4 is 38.8 Å². The van der Waals surface area contributed by atoms with Crippen LogP contribution in [-0.4, -0.2) is 71.0 Å². The van der Waals surface area contributed by atoms with Crippen molar-refractivity contribution in [3.63, 3.8) is 0 Å². The third-order valence-corrected chi connectivity index (χ3v) is 11.0. The lowest BCUT2D eigenvalue weighted by Crippen LogP contribution is -2.34. The van der Waals surface area contributed by atoms with Gasteiger partial charge < -0.3 is 15.1 Å². The summed E-state index contributed by atoms with van der Waals surface area (Å²) in [5.74, 6) is 0.0352. The number of carbonyl (C=O) groups is 1. The maximum absolute atomic E-state index is 14.1. The fourth-order valence-corrected chi connectivity index (χ4v) is 8.46. The zero-order valence-corrected chi connectivity index (χ0v) is 23.8. The summed E-state index contributed by atoms with van der Waals surface area (Å²) in [6.07, 6.45) is 0.242. The van der Waals surface area contributed by atoms with Gasteiger partial charge in [-0.1, -0.05) is 0 Å². The molecule has 216 valence electrons. The topological polar surface area (TPSA) is 108 Å². The summed E-state index contributed by atoms with van der Waals surface area (Å²) < 4.78 is 68.5. The third-order valence-electron chi connectivity index (χ3n) is 8.04. The number of carbonyl (C=O) groups excluding carboxylic acids is 1. The van der Waals surface area contributed by atoms with Crippen LogP contribution in [-0.2, 0) is 29.0 Å². The summed E-state index contributed by atoms with van der Waals surface area (Å²) in [7, 11) is -1.82. The molecule has 1 N–H and O–H groups in total. The second-order valence-electron chi connectivity index (χ2n) is 11.2. The number of pyridine rings is 1. The standard InChI is InChI=1S/C27H27F3N6O3S2/c1-35-7-6-19-15(13-35)10-17(14-2-3-14)24(32-19)34-26-31-12-18(27(28,29)30)22(33-26)20-11-21-23(40-20)25(37)36(16-4-5-16)8-9-41(21,38)39/h10-12,14,16H,2-9,13H2,1H3,(H,31,32,33,34). The molecule has 7 rings (SSSR count).